The van der Waals surface area contributed by atoms with E-state index < -0.39 is 11.2 Å². The van der Waals surface area contributed by atoms with Crippen LogP contribution in [-0.2, 0) is 19.7 Å². The van der Waals surface area contributed by atoms with Gasteiger partial charge in [0.1, 0.15) is 18.1 Å². The van der Waals surface area contributed by atoms with E-state index in [2.05, 4.69) is 9.97 Å². The van der Waals surface area contributed by atoms with Crippen LogP contribution in [0.3, 0.4) is 0 Å². The highest BCUT2D eigenvalue weighted by molar-refractivity contribution is 5.29. The molecule has 0 saturated heterocycles. The van der Waals surface area contributed by atoms with Crippen LogP contribution in [0.1, 0.15) is 16.8 Å². The number of nitrogens with zero attached hydrogens (tertiary/aromatic N) is 4. The Kier molecular flexibility index (Phi) is 7.10. The van der Waals surface area contributed by atoms with Crippen LogP contribution in [0.25, 0.3) is 0 Å². The fraction of sp³-hybridized carbons (Fsp3) is 0.200. The first kappa shape index (κ1) is 23.6. The summed E-state index contributed by atoms with van der Waals surface area (Å²) in [6, 6.07) is 17.4. The summed E-state index contributed by atoms with van der Waals surface area (Å²) in [6.45, 7) is 0.302. The summed E-state index contributed by atoms with van der Waals surface area (Å²) in [6.07, 6.45) is 1.51. The molecule has 2 heterocycles. The van der Waals surface area contributed by atoms with E-state index in [9.17, 15) is 9.59 Å². The molecule has 0 aliphatic carbocycles. The molecule has 0 saturated carbocycles. The Hall–Kier alpha value is -4.60. The highest BCUT2D eigenvalue weighted by atomic mass is 16.5. The molecule has 2 aromatic carbocycles. The normalized spacial score (nSPS) is 10.7. The van der Waals surface area contributed by atoms with E-state index >= 15 is 0 Å². The first-order valence-corrected chi connectivity index (χ1v) is 10.8. The third-order valence-electron chi connectivity index (χ3n) is 5.34. The van der Waals surface area contributed by atoms with E-state index in [4.69, 9.17) is 19.9 Å². The van der Waals surface area contributed by atoms with Crippen molar-refractivity contribution in [1.82, 2.24) is 19.1 Å². The van der Waals surface area contributed by atoms with Crippen molar-refractivity contribution in [3.05, 3.63) is 105 Å². The van der Waals surface area contributed by atoms with E-state index in [1.54, 1.807) is 44.6 Å². The molecular weight excluding hydrogens is 450 g/mol. The lowest BCUT2D eigenvalue weighted by Crippen LogP contribution is -2.40. The zero-order valence-corrected chi connectivity index (χ0v) is 19.4. The van der Waals surface area contributed by atoms with Gasteiger partial charge in [-0.1, -0.05) is 24.3 Å². The van der Waals surface area contributed by atoms with Crippen molar-refractivity contribution in [3.63, 3.8) is 0 Å². The van der Waals surface area contributed by atoms with Crippen LogP contribution in [0.15, 0.2) is 76.4 Å². The molecule has 2 aromatic heterocycles. The Labute approximate surface area is 201 Å². The van der Waals surface area contributed by atoms with Gasteiger partial charge < -0.3 is 19.9 Å². The number of nitrogen functional groups attached to an aromatic ring is 1. The summed E-state index contributed by atoms with van der Waals surface area (Å²) < 4.78 is 18.8. The maximum absolute atomic E-state index is 13.5. The molecule has 4 rings (SSSR count). The monoisotopic (exact) mass is 475 g/mol. The largest absolute Gasteiger partial charge is 0.497 e. The van der Waals surface area contributed by atoms with Crippen LogP contribution in [0.2, 0.25) is 0 Å². The van der Waals surface area contributed by atoms with Gasteiger partial charge in [0.15, 0.2) is 0 Å². The maximum Gasteiger partial charge on any atom is 0.334 e. The Balaban J connectivity index is 1.70. The van der Waals surface area contributed by atoms with E-state index in [1.165, 1.54) is 21.4 Å². The first-order chi connectivity index (χ1) is 17.0. The van der Waals surface area contributed by atoms with Crippen molar-refractivity contribution in [2.45, 2.75) is 19.7 Å². The van der Waals surface area contributed by atoms with Crippen LogP contribution < -0.4 is 31.2 Å². The Morgan fingerprint density at radius 1 is 0.829 bits per heavy atom. The molecule has 0 amide bonds. The van der Waals surface area contributed by atoms with Gasteiger partial charge in [0.2, 0.25) is 11.8 Å². The molecule has 0 bridgehead atoms. The fourth-order valence-corrected chi connectivity index (χ4v) is 3.47. The Bertz CT molecular complexity index is 1410. The number of ether oxygens (including phenoxy) is 3. The second kappa shape index (κ2) is 10.6. The van der Waals surface area contributed by atoms with Gasteiger partial charge in [-0.2, -0.15) is 0 Å². The summed E-state index contributed by atoms with van der Waals surface area (Å²) in [4.78, 5) is 34.4. The summed E-state index contributed by atoms with van der Waals surface area (Å²) in [5.74, 6) is 1.62. The zero-order chi connectivity index (χ0) is 24.8. The van der Waals surface area contributed by atoms with Crippen molar-refractivity contribution in [3.8, 4) is 17.4 Å². The van der Waals surface area contributed by atoms with Gasteiger partial charge in [0.05, 0.1) is 39.1 Å². The van der Waals surface area contributed by atoms with Gasteiger partial charge in [-0.3, -0.25) is 13.9 Å². The second-order valence-corrected chi connectivity index (χ2v) is 7.67. The summed E-state index contributed by atoms with van der Waals surface area (Å²) in [7, 11) is 3.16. The Morgan fingerprint density at radius 2 is 1.40 bits per heavy atom. The number of hydrogen-bond donors (Lipinski definition) is 1. The molecule has 0 radical (unpaired) electrons. The van der Waals surface area contributed by atoms with Crippen LogP contribution in [0.4, 0.5) is 5.95 Å². The molecule has 10 heteroatoms. The molecule has 0 atom stereocenters. The van der Waals surface area contributed by atoms with E-state index in [0.717, 1.165) is 11.1 Å². The van der Waals surface area contributed by atoms with Crippen LogP contribution in [0.5, 0.6) is 17.4 Å². The molecule has 0 spiro atoms. The SMILES string of the molecule is COc1ccc(Cn2c(OCc3ccnc(N)n3)cc(=O)n(Cc3ccc(OC)cc3)c2=O)cc1. The minimum atomic E-state index is -0.499. The van der Waals surface area contributed by atoms with Gasteiger partial charge >= 0.3 is 5.69 Å². The van der Waals surface area contributed by atoms with Crippen molar-refractivity contribution in [2.75, 3.05) is 20.0 Å². The average Bonchev–Trinajstić information content (AvgIpc) is 2.88. The molecule has 4 aromatic rings. The van der Waals surface area contributed by atoms with Gasteiger partial charge in [-0.15, -0.1) is 0 Å². The minimum absolute atomic E-state index is 0.0106. The molecule has 0 aliphatic heterocycles. The highest BCUT2D eigenvalue weighted by Crippen LogP contribution is 2.16. The molecule has 0 aliphatic rings. The van der Waals surface area contributed by atoms with Crippen LogP contribution in [0, 0.1) is 0 Å². The third-order valence-corrected chi connectivity index (χ3v) is 5.34. The molecule has 180 valence electrons. The topological polar surface area (TPSA) is 123 Å². The highest BCUT2D eigenvalue weighted by Gasteiger charge is 2.15. The predicted molar refractivity (Wildman–Crippen MR) is 130 cm³/mol. The number of aromatic nitrogens is 4. The summed E-state index contributed by atoms with van der Waals surface area (Å²) >= 11 is 0. The van der Waals surface area contributed by atoms with Gasteiger partial charge in [-0.25, -0.2) is 14.8 Å². The lowest BCUT2D eigenvalue weighted by atomic mass is 10.2. The Morgan fingerprint density at radius 3 is 1.94 bits per heavy atom. The minimum Gasteiger partial charge on any atom is -0.497 e. The first-order valence-electron chi connectivity index (χ1n) is 10.8. The summed E-state index contributed by atoms with van der Waals surface area (Å²) in [5, 5.41) is 0. The standard InChI is InChI=1S/C25H25N5O5/c1-33-20-7-3-17(4-8-20)14-29-22(31)13-23(35-16-19-11-12-27-24(26)28-19)30(25(29)32)15-18-5-9-21(34-2)10-6-18/h3-13H,14-16H2,1-2H3,(H2,26,27,28). The van der Waals surface area contributed by atoms with Gasteiger partial charge in [0, 0.05) is 6.20 Å². The molecular formula is C25H25N5O5. The summed E-state index contributed by atoms with van der Waals surface area (Å²) in [5.41, 5.74) is 6.79. The van der Waals surface area contributed by atoms with Gasteiger partial charge in [0.25, 0.3) is 5.56 Å². The molecule has 2 N–H and O–H groups in total. The number of nitrogens with two attached hydrogens (primary N) is 1. The average molecular weight is 476 g/mol. The zero-order valence-electron chi connectivity index (χ0n) is 19.4. The number of rotatable bonds is 9. The number of anilines is 1. The van der Waals surface area contributed by atoms with E-state index in [-0.39, 0.29) is 31.5 Å². The van der Waals surface area contributed by atoms with Crippen molar-refractivity contribution in [2.24, 2.45) is 0 Å². The lowest BCUT2D eigenvalue weighted by Gasteiger charge is -2.16. The number of methoxy groups -OCH3 is 2. The second-order valence-electron chi connectivity index (χ2n) is 7.67. The number of hydrogen-bond acceptors (Lipinski definition) is 8. The van der Waals surface area contributed by atoms with Crippen molar-refractivity contribution < 1.29 is 14.2 Å². The van der Waals surface area contributed by atoms with Crippen molar-refractivity contribution in [1.29, 1.82) is 0 Å². The third kappa shape index (κ3) is 5.67. The van der Waals surface area contributed by atoms with E-state index in [1.807, 2.05) is 24.3 Å². The van der Waals surface area contributed by atoms with Gasteiger partial charge in [-0.05, 0) is 41.5 Å². The lowest BCUT2D eigenvalue weighted by molar-refractivity contribution is 0.268. The fourth-order valence-electron chi connectivity index (χ4n) is 3.47. The molecule has 35 heavy (non-hydrogen) atoms. The molecule has 0 fully saturated rings. The molecule has 0 unspecified atom stereocenters. The smallest absolute Gasteiger partial charge is 0.334 e. The number of benzene rings is 2. The quantitative estimate of drug-likeness (QED) is 0.390. The van der Waals surface area contributed by atoms with Crippen LogP contribution in [-0.4, -0.2) is 33.3 Å². The van der Waals surface area contributed by atoms with Crippen LogP contribution >= 0.6 is 0 Å². The maximum atomic E-state index is 13.5. The molecule has 10 nitrogen and oxygen atoms in total. The van der Waals surface area contributed by atoms with Crippen molar-refractivity contribution >= 4 is 5.95 Å². The predicted octanol–water partition coefficient (Wildman–Crippen LogP) is 2.07. The van der Waals surface area contributed by atoms with E-state index in [0.29, 0.717) is 17.2 Å².